The van der Waals surface area contributed by atoms with Crippen molar-refractivity contribution in [2.75, 3.05) is 6.54 Å². The van der Waals surface area contributed by atoms with Crippen LogP contribution in [0, 0.1) is 0 Å². The predicted octanol–water partition coefficient (Wildman–Crippen LogP) is 3.46. The van der Waals surface area contributed by atoms with Crippen LogP contribution in [0.3, 0.4) is 0 Å². The number of nitrogens with two attached hydrogens (primary N) is 1. The Morgan fingerprint density at radius 3 is 2.56 bits per heavy atom. The molecule has 1 fully saturated rings. The summed E-state index contributed by atoms with van der Waals surface area (Å²) in [5.41, 5.74) is 6.54. The average molecular weight is 310 g/mol. The normalized spacial score (nSPS) is 20.1. The molecule has 96 valence electrons. The SMILES string of the molecule is NC/C=C/c1cc2c(cc1Br)OC1(CCCC1)O2. The van der Waals surface area contributed by atoms with Crippen molar-refractivity contribution in [3.8, 4) is 11.5 Å². The van der Waals surface area contributed by atoms with Gasteiger partial charge in [-0.2, -0.15) is 0 Å². The van der Waals surface area contributed by atoms with E-state index in [1.54, 1.807) is 0 Å². The molecule has 3 rings (SSSR count). The van der Waals surface area contributed by atoms with Crippen LogP contribution < -0.4 is 15.2 Å². The maximum absolute atomic E-state index is 6.02. The fourth-order valence-corrected chi connectivity index (χ4v) is 3.03. The Morgan fingerprint density at radius 2 is 1.89 bits per heavy atom. The zero-order valence-corrected chi connectivity index (χ0v) is 11.7. The summed E-state index contributed by atoms with van der Waals surface area (Å²) in [6.45, 7) is 0.533. The second-order valence-electron chi connectivity index (χ2n) is 4.78. The molecule has 2 aliphatic rings. The lowest BCUT2D eigenvalue weighted by molar-refractivity contribution is -0.0716. The van der Waals surface area contributed by atoms with Gasteiger partial charge in [0.15, 0.2) is 11.5 Å². The van der Waals surface area contributed by atoms with Crippen LogP contribution in [0.2, 0.25) is 0 Å². The molecule has 18 heavy (non-hydrogen) atoms. The van der Waals surface area contributed by atoms with Crippen LogP contribution in [0.1, 0.15) is 31.2 Å². The summed E-state index contributed by atoms with van der Waals surface area (Å²) in [6, 6.07) is 4.00. The number of ether oxygens (including phenoxy) is 2. The Bertz CT molecular complexity index is 493. The molecule has 1 heterocycles. The number of hydrogen-bond acceptors (Lipinski definition) is 3. The van der Waals surface area contributed by atoms with Gasteiger partial charge in [-0.05, 0) is 30.5 Å². The quantitative estimate of drug-likeness (QED) is 0.910. The van der Waals surface area contributed by atoms with Gasteiger partial charge in [0, 0.05) is 23.9 Å². The zero-order valence-electron chi connectivity index (χ0n) is 10.1. The fraction of sp³-hybridized carbons (Fsp3) is 0.429. The van der Waals surface area contributed by atoms with Gasteiger partial charge >= 0.3 is 0 Å². The van der Waals surface area contributed by atoms with E-state index in [0.29, 0.717) is 6.54 Å². The van der Waals surface area contributed by atoms with Gasteiger partial charge in [-0.3, -0.25) is 0 Å². The van der Waals surface area contributed by atoms with Crippen LogP contribution in [-0.2, 0) is 0 Å². The maximum atomic E-state index is 6.02. The highest BCUT2D eigenvalue weighted by molar-refractivity contribution is 9.10. The molecule has 1 spiro atoms. The highest BCUT2D eigenvalue weighted by atomic mass is 79.9. The topological polar surface area (TPSA) is 44.5 Å². The molecule has 1 aromatic rings. The Kier molecular flexibility index (Phi) is 3.08. The number of rotatable bonds is 2. The zero-order chi connectivity index (χ0) is 12.6. The number of hydrogen-bond donors (Lipinski definition) is 1. The Labute approximate surface area is 115 Å². The molecule has 0 saturated heterocycles. The van der Waals surface area contributed by atoms with Crippen molar-refractivity contribution in [2.45, 2.75) is 31.5 Å². The van der Waals surface area contributed by atoms with Crippen LogP contribution in [0.5, 0.6) is 11.5 Å². The summed E-state index contributed by atoms with van der Waals surface area (Å²) in [6.07, 6.45) is 8.23. The van der Waals surface area contributed by atoms with Crippen molar-refractivity contribution < 1.29 is 9.47 Å². The summed E-state index contributed by atoms with van der Waals surface area (Å²) in [7, 11) is 0. The Hall–Kier alpha value is -1.00. The molecule has 3 nitrogen and oxygen atoms in total. The summed E-state index contributed by atoms with van der Waals surface area (Å²) in [4.78, 5) is 0. The van der Waals surface area contributed by atoms with Gasteiger partial charge in [0.1, 0.15) is 0 Å². The highest BCUT2D eigenvalue weighted by Crippen LogP contribution is 2.48. The lowest BCUT2D eigenvalue weighted by Gasteiger charge is -2.21. The lowest BCUT2D eigenvalue weighted by atomic mass is 10.2. The smallest absolute Gasteiger partial charge is 0.251 e. The second-order valence-corrected chi connectivity index (χ2v) is 5.63. The molecule has 0 aromatic heterocycles. The fourth-order valence-electron chi connectivity index (χ4n) is 2.57. The molecule has 0 unspecified atom stereocenters. The molecule has 4 heteroatoms. The third-order valence-corrected chi connectivity index (χ3v) is 4.14. The standard InChI is InChI=1S/C14H16BrNO2/c15-11-9-13-12(8-10(11)4-3-7-16)17-14(18-13)5-1-2-6-14/h3-4,8-9H,1-2,5-7,16H2/b4-3+. The summed E-state index contributed by atoms with van der Waals surface area (Å²) in [5, 5.41) is 0. The third kappa shape index (κ3) is 2.04. The molecule has 2 N–H and O–H groups in total. The first-order valence-electron chi connectivity index (χ1n) is 6.31. The van der Waals surface area contributed by atoms with E-state index in [0.717, 1.165) is 34.4 Å². The number of halogens is 1. The van der Waals surface area contributed by atoms with Crippen molar-refractivity contribution in [3.05, 3.63) is 28.2 Å². The highest BCUT2D eigenvalue weighted by Gasteiger charge is 2.44. The maximum Gasteiger partial charge on any atom is 0.251 e. The van der Waals surface area contributed by atoms with E-state index >= 15 is 0 Å². The van der Waals surface area contributed by atoms with E-state index in [-0.39, 0.29) is 0 Å². The van der Waals surface area contributed by atoms with E-state index < -0.39 is 5.79 Å². The first-order chi connectivity index (χ1) is 8.72. The van der Waals surface area contributed by atoms with Crippen molar-refractivity contribution >= 4 is 22.0 Å². The van der Waals surface area contributed by atoms with E-state index in [1.807, 2.05) is 24.3 Å². The summed E-state index contributed by atoms with van der Waals surface area (Å²) in [5.74, 6) is 1.29. The molecule has 0 atom stereocenters. The molecular formula is C14H16BrNO2. The first-order valence-corrected chi connectivity index (χ1v) is 7.10. The minimum absolute atomic E-state index is 0.391. The second kappa shape index (κ2) is 4.59. The first kappa shape index (κ1) is 12.1. The number of benzene rings is 1. The molecule has 0 bridgehead atoms. The van der Waals surface area contributed by atoms with Crippen molar-refractivity contribution in [3.63, 3.8) is 0 Å². The minimum atomic E-state index is -0.391. The van der Waals surface area contributed by atoms with Crippen molar-refractivity contribution in [1.82, 2.24) is 0 Å². The van der Waals surface area contributed by atoms with Gasteiger partial charge in [-0.15, -0.1) is 0 Å². The molecule has 0 amide bonds. The molecule has 1 saturated carbocycles. The van der Waals surface area contributed by atoms with Gasteiger partial charge in [0.25, 0.3) is 5.79 Å². The molecule has 1 aliphatic heterocycles. The molecule has 1 aromatic carbocycles. The largest absolute Gasteiger partial charge is 0.448 e. The molecular weight excluding hydrogens is 294 g/mol. The van der Waals surface area contributed by atoms with Crippen LogP contribution in [0.4, 0.5) is 0 Å². The van der Waals surface area contributed by atoms with Crippen LogP contribution in [0.25, 0.3) is 6.08 Å². The summed E-state index contributed by atoms with van der Waals surface area (Å²) >= 11 is 3.55. The van der Waals surface area contributed by atoms with Crippen molar-refractivity contribution in [2.24, 2.45) is 5.73 Å². The predicted molar refractivity (Wildman–Crippen MR) is 74.7 cm³/mol. The molecule has 1 aliphatic carbocycles. The Morgan fingerprint density at radius 1 is 1.22 bits per heavy atom. The molecule has 0 radical (unpaired) electrons. The van der Waals surface area contributed by atoms with Gasteiger partial charge < -0.3 is 15.2 Å². The van der Waals surface area contributed by atoms with Crippen molar-refractivity contribution in [1.29, 1.82) is 0 Å². The van der Waals surface area contributed by atoms with Crippen LogP contribution >= 0.6 is 15.9 Å². The lowest BCUT2D eigenvalue weighted by Crippen LogP contribution is -2.34. The van der Waals surface area contributed by atoms with Gasteiger partial charge in [-0.1, -0.05) is 28.1 Å². The van der Waals surface area contributed by atoms with Gasteiger partial charge in [0.2, 0.25) is 0 Å². The van der Waals surface area contributed by atoms with Gasteiger partial charge in [0.05, 0.1) is 0 Å². The average Bonchev–Trinajstić information content (AvgIpc) is 2.93. The third-order valence-electron chi connectivity index (χ3n) is 3.45. The monoisotopic (exact) mass is 309 g/mol. The van der Waals surface area contributed by atoms with Crippen LogP contribution in [0.15, 0.2) is 22.7 Å². The Balaban J connectivity index is 1.92. The van der Waals surface area contributed by atoms with E-state index in [1.165, 1.54) is 12.8 Å². The van der Waals surface area contributed by atoms with E-state index in [9.17, 15) is 0 Å². The number of fused-ring (bicyclic) bond motifs is 1. The summed E-state index contributed by atoms with van der Waals surface area (Å²) < 4.78 is 13.0. The minimum Gasteiger partial charge on any atom is -0.448 e. The van der Waals surface area contributed by atoms with E-state index in [2.05, 4.69) is 15.9 Å². The van der Waals surface area contributed by atoms with Crippen LogP contribution in [-0.4, -0.2) is 12.3 Å². The van der Waals surface area contributed by atoms with Gasteiger partial charge in [-0.25, -0.2) is 0 Å². The van der Waals surface area contributed by atoms with E-state index in [4.69, 9.17) is 15.2 Å².